The predicted molar refractivity (Wildman–Crippen MR) is 67.3 cm³/mol. The predicted octanol–water partition coefficient (Wildman–Crippen LogP) is 1.88. The third kappa shape index (κ3) is 2.47. The summed E-state index contributed by atoms with van der Waals surface area (Å²) in [7, 11) is 1.71. The van der Waals surface area contributed by atoms with Crippen molar-refractivity contribution in [1.29, 1.82) is 0 Å². The molecule has 0 amide bonds. The van der Waals surface area contributed by atoms with Gasteiger partial charge in [-0.15, -0.1) is 0 Å². The lowest BCUT2D eigenvalue weighted by Gasteiger charge is -2.19. The average Bonchev–Trinajstić information content (AvgIpc) is 2.78. The van der Waals surface area contributed by atoms with E-state index in [1.807, 2.05) is 6.07 Å². The van der Waals surface area contributed by atoms with Gasteiger partial charge in [-0.3, -0.25) is 0 Å². The number of anilines is 1. The summed E-state index contributed by atoms with van der Waals surface area (Å²) in [5, 5.41) is 3.50. The van der Waals surface area contributed by atoms with Gasteiger partial charge in [0, 0.05) is 30.9 Å². The Morgan fingerprint density at radius 3 is 3.12 bits per heavy atom. The number of likely N-dealkylation sites (N-methyl/N-ethyl adjacent to an activating group) is 1. The van der Waals surface area contributed by atoms with Crippen molar-refractivity contribution in [3.05, 3.63) is 24.3 Å². The van der Waals surface area contributed by atoms with Gasteiger partial charge in [-0.2, -0.15) is 0 Å². The molecule has 0 radical (unpaired) electrons. The number of rotatable bonds is 4. The van der Waals surface area contributed by atoms with Crippen molar-refractivity contribution < 1.29 is 4.74 Å². The first-order chi connectivity index (χ1) is 7.83. The van der Waals surface area contributed by atoms with E-state index in [4.69, 9.17) is 4.74 Å². The van der Waals surface area contributed by atoms with Crippen molar-refractivity contribution in [2.45, 2.75) is 19.4 Å². The smallest absolute Gasteiger partial charge is 0.120 e. The molecule has 2 rings (SSSR count). The van der Waals surface area contributed by atoms with Crippen LogP contribution < -0.4 is 15.0 Å². The Hall–Kier alpha value is -1.22. The molecule has 3 nitrogen and oxygen atoms in total. The van der Waals surface area contributed by atoms with E-state index < -0.39 is 0 Å². The number of benzene rings is 1. The monoisotopic (exact) mass is 220 g/mol. The molecule has 1 aliphatic heterocycles. The first-order valence-corrected chi connectivity index (χ1v) is 5.96. The highest BCUT2D eigenvalue weighted by atomic mass is 16.5. The maximum absolute atomic E-state index is 5.25. The summed E-state index contributed by atoms with van der Waals surface area (Å²) in [5.41, 5.74) is 1.26. The lowest BCUT2D eigenvalue weighted by molar-refractivity contribution is 0.415. The van der Waals surface area contributed by atoms with Gasteiger partial charge in [0.05, 0.1) is 7.11 Å². The normalized spacial score (nSPS) is 20.1. The van der Waals surface area contributed by atoms with Crippen molar-refractivity contribution in [3.8, 4) is 5.75 Å². The quantitative estimate of drug-likeness (QED) is 0.838. The zero-order chi connectivity index (χ0) is 11.4. The molecule has 1 aromatic carbocycles. The molecule has 0 aromatic heterocycles. The van der Waals surface area contributed by atoms with Crippen LogP contribution in [0.5, 0.6) is 5.75 Å². The third-order valence-corrected chi connectivity index (χ3v) is 3.10. The van der Waals surface area contributed by atoms with E-state index in [1.54, 1.807) is 7.11 Å². The fourth-order valence-electron chi connectivity index (χ4n) is 2.26. The molecule has 88 valence electrons. The van der Waals surface area contributed by atoms with Crippen molar-refractivity contribution in [2.75, 3.05) is 31.6 Å². The molecule has 1 saturated heterocycles. The SMILES string of the molecule is CCNC1CCN(c2cccc(OC)c2)C1. The van der Waals surface area contributed by atoms with Crippen molar-refractivity contribution in [3.63, 3.8) is 0 Å². The number of nitrogens with zero attached hydrogens (tertiary/aromatic N) is 1. The molecule has 1 aliphatic rings. The molecule has 0 bridgehead atoms. The Morgan fingerprint density at radius 1 is 1.50 bits per heavy atom. The summed E-state index contributed by atoms with van der Waals surface area (Å²) in [4.78, 5) is 2.41. The number of methoxy groups -OCH3 is 1. The summed E-state index contributed by atoms with van der Waals surface area (Å²) < 4.78 is 5.25. The summed E-state index contributed by atoms with van der Waals surface area (Å²) in [6.45, 7) is 5.44. The minimum Gasteiger partial charge on any atom is -0.497 e. The van der Waals surface area contributed by atoms with Gasteiger partial charge in [-0.25, -0.2) is 0 Å². The number of ether oxygens (including phenoxy) is 1. The highest BCUT2D eigenvalue weighted by Gasteiger charge is 2.21. The molecule has 0 spiro atoms. The lowest BCUT2D eigenvalue weighted by Crippen LogP contribution is -2.32. The van der Waals surface area contributed by atoms with Gasteiger partial charge < -0.3 is 15.0 Å². The van der Waals surface area contributed by atoms with Gasteiger partial charge in [0.15, 0.2) is 0 Å². The van der Waals surface area contributed by atoms with Crippen LogP contribution in [0.4, 0.5) is 5.69 Å². The van der Waals surface area contributed by atoms with Crippen LogP contribution in [-0.4, -0.2) is 32.8 Å². The molecule has 1 unspecified atom stereocenters. The largest absolute Gasteiger partial charge is 0.497 e. The fourth-order valence-corrected chi connectivity index (χ4v) is 2.26. The van der Waals surface area contributed by atoms with E-state index in [0.29, 0.717) is 6.04 Å². The highest BCUT2D eigenvalue weighted by Crippen LogP contribution is 2.24. The Morgan fingerprint density at radius 2 is 2.38 bits per heavy atom. The summed E-state index contributed by atoms with van der Waals surface area (Å²) >= 11 is 0. The first kappa shape index (κ1) is 11.3. The van der Waals surface area contributed by atoms with Crippen LogP contribution in [0.15, 0.2) is 24.3 Å². The van der Waals surface area contributed by atoms with E-state index in [2.05, 4.69) is 35.3 Å². The molecular weight excluding hydrogens is 200 g/mol. The Labute approximate surface area is 97.4 Å². The lowest BCUT2D eigenvalue weighted by atomic mass is 10.2. The summed E-state index contributed by atoms with van der Waals surface area (Å²) in [5.74, 6) is 0.935. The van der Waals surface area contributed by atoms with E-state index in [9.17, 15) is 0 Å². The zero-order valence-corrected chi connectivity index (χ0v) is 10.1. The third-order valence-electron chi connectivity index (χ3n) is 3.10. The van der Waals surface area contributed by atoms with Crippen LogP contribution >= 0.6 is 0 Å². The minimum atomic E-state index is 0.635. The van der Waals surface area contributed by atoms with E-state index in [1.165, 1.54) is 12.1 Å². The van der Waals surface area contributed by atoms with Crippen molar-refractivity contribution in [2.24, 2.45) is 0 Å². The topological polar surface area (TPSA) is 24.5 Å². The van der Waals surface area contributed by atoms with Gasteiger partial charge in [0.1, 0.15) is 5.75 Å². The van der Waals surface area contributed by atoms with E-state index in [0.717, 1.165) is 25.4 Å². The van der Waals surface area contributed by atoms with Gasteiger partial charge in [-0.05, 0) is 25.1 Å². The summed E-state index contributed by atoms with van der Waals surface area (Å²) in [6.07, 6.45) is 1.23. The highest BCUT2D eigenvalue weighted by molar-refractivity contribution is 5.51. The maximum atomic E-state index is 5.25. The molecule has 1 fully saturated rings. The molecule has 1 atom stereocenters. The Kier molecular flexibility index (Phi) is 3.67. The van der Waals surface area contributed by atoms with Crippen molar-refractivity contribution >= 4 is 5.69 Å². The second-order valence-corrected chi connectivity index (χ2v) is 4.19. The van der Waals surface area contributed by atoms with E-state index >= 15 is 0 Å². The molecular formula is C13H20N2O. The van der Waals surface area contributed by atoms with Gasteiger partial charge >= 0.3 is 0 Å². The van der Waals surface area contributed by atoms with Crippen LogP contribution in [0.1, 0.15) is 13.3 Å². The van der Waals surface area contributed by atoms with Gasteiger partial charge in [0.25, 0.3) is 0 Å². The van der Waals surface area contributed by atoms with Gasteiger partial charge in [0.2, 0.25) is 0 Å². The number of nitrogens with one attached hydrogen (secondary N) is 1. The first-order valence-electron chi connectivity index (χ1n) is 5.96. The van der Waals surface area contributed by atoms with E-state index in [-0.39, 0.29) is 0 Å². The average molecular weight is 220 g/mol. The van der Waals surface area contributed by atoms with Gasteiger partial charge in [-0.1, -0.05) is 13.0 Å². The Bertz CT molecular complexity index is 340. The molecule has 3 heteroatoms. The molecule has 0 saturated carbocycles. The minimum absolute atomic E-state index is 0.635. The number of hydrogen-bond donors (Lipinski definition) is 1. The number of hydrogen-bond acceptors (Lipinski definition) is 3. The molecule has 16 heavy (non-hydrogen) atoms. The standard InChI is InChI=1S/C13H20N2O/c1-3-14-11-7-8-15(10-11)12-5-4-6-13(9-12)16-2/h4-6,9,11,14H,3,7-8,10H2,1-2H3. The second kappa shape index (κ2) is 5.21. The summed E-state index contributed by atoms with van der Waals surface area (Å²) in [6, 6.07) is 8.93. The second-order valence-electron chi connectivity index (χ2n) is 4.19. The molecule has 0 aliphatic carbocycles. The fraction of sp³-hybridized carbons (Fsp3) is 0.538. The molecule has 1 N–H and O–H groups in total. The van der Waals surface area contributed by atoms with Crippen molar-refractivity contribution in [1.82, 2.24) is 5.32 Å². The van der Waals surface area contributed by atoms with Crippen LogP contribution in [0, 0.1) is 0 Å². The van der Waals surface area contributed by atoms with Crippen LogP contribution in [0.2, 0.25) is 0 Å². The van der Waals surface area contributed by atoms with Crippen LogP contribution in [0.25, 0.3) is 0 Å². The maximum Gasteiger partial charge on any atom is 0.120 e. The Balaban J connectivity index is 2.02. The van der Waals surface area contributed by atoms with Crippen LogP contribution in [-0.2, 0) is 0 Å². The molecule has 1 heterocycles. The molecule has 1 aromatic rings. The zero-order valence-electron chi connectivity index (χ0n) is 10.1. The van der Waals surface area contributed by atoms with Crippen LogP contribution in [0.3, 0.4) is 0 Å².